The Morgan fingerprint density at radius 3 is 1.88 bits per heavy atom. The topological polar surface area (TPSA) is 55.4 Å². The molecule has 0 aliphatic rings. The van der Waals surface area contributed by atoms with Crippen LogP contribution in [-0.2, 0) is 14.3 Å². The van der Waals surface area contributed by atoms with Crippen LogP contribution in [0.4, 0.5) is 0 Å². The Morgan fingerprint density at radius 2 is 1.35 bits per heavy atom. The lowest BCUT2D eigenvalue weighted by Gasteiger charge is -2.08. The Balaban J connectivity index is 3.34. The molecule has 0 spiro atoms. The highest BCUT2D eigenvalue weighted by Crippen LogP contribution is 2.10. The Bertz CT molecular complexity index is 380. The molecule has 0 aliphatic heterocycles. The molecular weight excluding hydrogens is 326 g/mol. The summed E-state index contributed by atoms with van der Waals surface area (Å²) >= 11 is 0. The van der Waals surface area contributed by atoms with E-state index in [1.54, 1.807) is 14.0 Å². The van der Waals surface area contributed by atoms with Crippen molar-refractivity contribution >= 4 is 11.9 Å². The van der Waals surface area contributed by atoms with E-state index in [0.29, 0.717) is 6.42 Å². The van der Waals surface area contributed by atoms with E-state index in [9.17, 15) is 9.59 Å². The third-order valence-corrected chi connectivity index (χ3v) is 4.64. The van der Waals surface area contributed by atoms with Crippen LogP contribution in [0.2, 0.25) is 0 Å². The molecule has 0 amide bonds. The molecule has 0 fully saturated rings. The molecule has 152 valence electrons. The first-order chi connectivity index (χ1) is 12.6. The molecule has 0 rings (SSSR count). The van der Waals surface area contributed by atoms with E-state index < -0.39 is 18.0 Å². The molecular formula is C22H41NO3. The van der Waals surface area contributed by atoms with Gasteiger partial charge in [0.25, 0.3) is 0 Å². The molecule has 4 nitrogen and oxygen atoms in total. The van der Waals surface area contributed by atoms with Gasteiger partial charge in [-0.15, -0.1) is 0 Å². The fourth-order valence-electron chi connectivity index (χ4n) is 2.71. The maximum Gasteiger partial charge on any atom is 0.330 e. The Hall–Kier alpha value is -1.16. The van der Waals surface area contributed by atoms with E-state index in [4.69, 9.17) is 4.74 Å². The van der Waals surface area contributed by atoms with Crippen LogP contribution in [0, 0.1) is 0 Å². The number of likely N-dealkylation sites (N-methyl/N-ethyl adjacent to an activating group) is 1. The second kappa shape index (κ2) is 18.6. The van der Waals surface area contributed by atoms with E-state index in [2.05, 4.69) is 24.4 Å². The van der Waals surface area contributed by atoms with Crippen molar-refractivity contribution in [1.29, 1.82) is 0 Å². The number of nitrogens with one attached hydrogen (secondary N) is 1. The number of unbranched alkanes of at least 4 members (excludes halogenated alkanes) is 11. The van der Waals surface area contributed by atoms with Crippen molar-refractivity contribution in [2.75, 3.05) is 7.05 Å². The van der Waals surface area contributed by atoms with Crippen LogP contribution in [0.3, 0.4) is 0 Å². The maximum atomic E-state index is 11.5. The van der Waals surface area contributed by atoms with Gasteiger partial charge in [0, 0.05) is 6.42 Å². The molecule has 0 aromatic heterocycles. The van der Waals surface area contributed by atoms with Crippen molar-refractivity contribution in [3.05, 3.63) is 12.2 Å². The summed E-state index contributed by atoms with van der Waals surface area (Å²) in [6.07, 6.45) is 20.9. The standard InChI is InChI=1S/C22H41NO3/c1-4-5-6-7-8-9-10-11-12-13-14-15-16-17-18-19-21(24)26-22(25)20(2)23-3/h11-12,20,23H,4-10,13-19H2,1-3H3/b12-11-/t20-/m0/s1. The summed E-state index contributed by atoms with van der Waals surface area (Å²) in [4.78, 5) is 23.0. The van der Waals surface area contributed by atoms with Crippen LogP contribution in [0.25, 0.3) is 0 Å². The third kappa shape index (κ3) is 16.3. The molecule has 4 heteroatoms. The van der Waals surface area contributed by atoms with Gasteiger partial charge in [0.05, 0.1) is 0 Å². The lowest BCUT2D eigenvalue weighted by atomic mass is 10.1. The second-order valence-electron chi connectivity index (χ2n) is 7.14. The molecule has 0 radical (unpaired) electrons. The number of hydrogen-bond donors (Lipinski definition) is 1. The van der Waals surface area contributed by atoms with E-state index >= 15 is 0 Å². The SMILES string of the molecule is CCCCCCCC/C=C\CCCCCCCC(=O)OC(=O)[C@H](C)NC. The summed E-state index contributed by atoms with van der Waals surface area (Å²) in [5.74, 6) is -0.903. The molecule has 0 aromatic rings. The summed E-state index contributed by atoms with van der Waals surface area (Å²) < 4.78 is 4.77. The second-order valence-corrected chi connectivity index (χ2v) is 7.14. The van der Waals surface area contributed by atoms with Gasteiger partial charge in [-0.25, -0.2) is 4.79 Å². The number of hydrogen-bond acceptors (Lipinski definition) is 4. The Morgan fingerprint density at radius 1 is 0.846 bits per heavy atom. The van der Waals surface area contributed by atoms with Crippen LogP contribution < -0.4 is 5.32 Å². The highest BCUT2D eigenvalue weighted by Gasteiger charge is 2.15. The molecule has 1 atom stereocenters. The molecule has 0 unspecified atom stereocenters. The Kier molecular flexibility index (Phi) is 17.8. The minimum atomic E-state index is -0.495. The van der Waals surface area contributed by atoms with Gasteiger partial charge >= 0.3 is 11.9 Å². The van der Waals surface area contributed by atoms with Crippen LogP contribution >= 0.6 is 0 Å². The molecule has 26 heavy (non-hydrogen) atoms. The van der Waals surface area contributed by atoms with Gasteiger partial charge < -0.3 is 10.1 Å². The van der Waals surface area contributed by atoms with Crippen LogP contribution in [0.5, 0.6) is 0 Å². The van der Waals surface area contributed by atoms with Crippen molar-refractivity contribution in [2.45, 2.75) is 110 Å². The number of ether oxygens (including phenoxy) is 1. The smallest absolute Gasteiger partial charge is 0.330 e. The summed E-state index contributed by atoms with van der Waals surface area (Å²) in [6.45, 7) is 3.93. The molecule has 0 heterocycles. The van der Waals surface area contributed by atoms with Crippen LogP contribution in [0.15, 0.2) is 12.2 Å². The first kappa shape index (κ1) is 24.8. The number of carbonyl (C=O) groups excluding carboxylic acids is 2. The van der Waals surface area contributed by atoms with Crippen molar-refractivity contribution in [1.82, 2.24) is 5.32 Å². The van der Waals surface area contributed by atoms with Gasteiger partial charge in [-0.3, -0.25) is 4.79 Å². The van der Waals surface area contributed by atoms with Gasteiger partial charge in [0.1, 0.15) is 6.04 Å². The van der Waals surface area contributed by atoms with E-state index in [0.717, 1.165) is 25.7 Å². The predicted octanol–water partition coefficient (Wildman–Crippen LogP) is 5.70. The number of esters is 2. The molecule has 0 aromatic carbocycles. The molecule has 0 saturated carbocycles. The molecule has 1 N–H and O–H groups in total. The average Bonchev–Trinajstić information content (AvgIpc) is 2.64. The van der Waals surface area contributed by atoms with Gasteiger partial charge in [0.2, 0.25) is 0 Å². The van der Waals surface area contributed by atoms with Crippen LogP contribution in [-0.4, -0.2) is 25.0 Å². The summed E-state index contributed by atoms with van der Waals surface area (Å²) in [6, 6.07) is -0.437. The van der Waals surface area contributed by atoms with E-state index in [1.165, 1.54) is 57.8 Å². The third-order valence-electron chi connectivity index (χ3n) is 4.64. The lowest BCUT2D eigenvalue weighted by molar-refractivity contribution is -0.160. The van der Waals surface area contributed by atoms with Crippen molar-refractivity contribution in [2.24, 2.45) is 0 Å². The van der Waals surface area contributed by atoms with Crippen molar-refractivity contribution in [3.63, 3.8) is 0 Å². The fraction of sp³-hybridized carbons (Fsp3) is 0.818. The van der Waals surface area contributed by atoms with Gasteiger partial charge in [-0.05, 0) is 46.1 Å². The predicted molar refractivity (Wildman–Crippen MR) is 109 cm³/mol. The number of carbonyl (C=O) groups is 2. The Labute approximate surface area is 161 Å². The highest BCUT2D eigenvalue weighted by atomic mass is 16.6. The zero-order valence-corrected chi connectivity index (χ0v) is 17.4. The van der Waals surface area contributed by atoms with Crippen LogP contribution in [0.1, 0.15) is 104 Å². The quantitative estimate of drug-likeness (QED) is 0.155. The molecule has 0 bridgehead atoms. The summed E-state index contributed by atoms with van der Waals surface area (Å²) in [5, 5.41) is 2.76. The zero-order valence-electron chi connectivity index (χ0n) is 17.4. The first-order valence-electron chi connectivity index (χ1n) is 10.7. The van der Waals surface area contributed by atoms with E-state index in [1.807, 2.05) is 0 Å². The van der Waals surface area contributed by atoms with Gasteiger partial charge in [0.15, 0.2) is 0 Å². The minimum Gasteiger partial charge on any atom is -0.392 e. The highest BCUT2D eigenvalue weighted by molar-refractivity contribution is 5.88. The molecule has 0 aliphatic carbocycles. The minimum absolute atomic E-state index is 0.334. The molecule has 0 saturated heterocycles. The monoisotopic (exact) mass is 367 g/mol. The zero-order chi connectivity index (χ0) is 19.5. The van der Waals surface area contributed by atoms with Crippen molar-refractivity contribution in [3.8, 4) is 0 Å². The average molecular weight is 368 g/mol. The first-order valence-corrected chi connectivity index (χ1v) is 10.7. The fourth-order valence-corrected chi connectivity index (χ4v) is 2.71. The lowest BCUT2D eigenvalue weighted by Crippen LogP contribution is -2.33. The van der Waals surface area contributed by atoms with Gasteiger partial charge in [-0.2, -0.15) is 0 Å². The number of allylic oxidation sites excluding steroid dienone is 2. The van der Waals surface area contributed by atoms with Crippen molar-refractivity contribution < 1.29 is 14.3 Å². The summed E-state index contributed by atoms with van der Waals surface area (Å²) in [5.41, 5.74) is 0. The maximum absolute atomic E-state index is 11.5. The van der Waals surface area contributed by atoms with Gasteiger partial charge in [-0.1, -0.05) is 70.4 Å². The van der Waals surface area contributed by atoms with E-state index in [-0.39, 0.29) is 0 Å². The number of rotatable bonds is 17. The summed E-state index contributed by atoms with van der Waals surface area (Å²) in [7, 11) is 1.67. The largest absolute Gasteiger partial charge is 0.392 e. The normalized spacial score (nSPS) is 12.4.